The number of halogens is 1. The summed E-state index contributed by atoms with van der Waals surface area (Å²) in [7, 11) is 0. The summed E-state index contributed by atoms with van der Waals surface area (Å²) < 4.78 is 0. The molecule has 0 aromatic rings. The lowest BCUT2D eigenvalue weighted by atomic mass is 10.4. The Morgan fingerprint density at radius 2 is 2.11 bits per heavy atom. The number of carboxylic acids is 1. The molecular formula is C3H11BFNO2S. The smallest absolute Gasteiger partial charge is 0.321 e. The van der Waals surface area contributed by atoms with Gasteiger partial charge in [0, 0.05) is 5.75 Å². The second-order valence-corrected chi connectivity index (χ2v) is 1.49. The maximum absolute atomic E-state index is 9.76. The van der Waals surface area contributed by atoms with E-state index < -0.39 is 12.0 Å². The molecule has 9 heavy (non-hydrogen) atoms. The maximum atomic E-state index is 9.76. The molecule has 0 spiro atoms. The molecule has 3 nitrogen and oxygen atoms in total. The molecule has 6 heteroatoms. The zero-order valence-corrected chi connectivity index (χ0v) is 4.97. The molecule has 0 bridgehead atoms. The van der Waals surface area contributed by atoms with Crippen molar-refractivity contribution in [1.29, 1.82) is 0 Å². The highest BCUT2D eigenvalue weighted by atomic mass is 32.1. The monoisotopic (exact) mass is 155 g/mol. The van der Waals surface area contributed by atoms with E-state index in [1.54, 1.807) is 0 Å². The highest BCUT2D eigenvalue weighted by Gasteiger charge is 2.06. The van der Waals surface area contributed by atoms with E-state index in [2.05, 4.69) is 12.6 Å². The van der Waals surface area contributed by atoms with Crippen molar-refractivity contribution >= 4 is 27.0 Å². The molecule has 0 aromatic heterocycles. The lowest BCUT2D eigenvalue weighted by Crippen LogP contribution is -2.31. The first kappa shape index (κ1) is 15.9. The van der Waals surface area contributed by atoms with Crippen molar-refractivity contribution in [2.24, 2.45) is 5.73 Å². The Morgan fingerprint density at radius 1 is 1.78 bits per heavy atom. The van der Waals surface area contributed by atoms with Crippen molar-refractivity contribution in [2.75, 3.05) is 5.75 Å². The number of thiol groups is 1. The lowest BCUT2D eigenvalue weighted by molar-refractivity contribution is -0.137. The third-order valence-corrected chi connectivity index (χ3v) is 0.907. The highest BCUT2D eigenvalue weighted by molar-refractivity contribution is 7.80. The summed E-state index contributed by atoms with van der Waals surface area (Å²) in [5.74, 6) is -0.815. The van der Waals surface area contributed by atoms with Crippen molar-refractivity contribution in [1.82, 2.24) is 0 Å². The Labute approximate surface area is 60.0 Å². The standard InChI is InChI=1S/C3H7NO2S.BH3.FH/c4-2(1-7)3(5)6;;/h2,7H,1,4H2,(H,5,6);1H3;1H. The Hall–Kier alpha value is -0.225. The predicted molar refractivity (Wildman–Crippen MR) is 41.9 cm³/mol. The molecular weight excluding hydrogens is 144 g/mol. The third kappa shape index (κ3) is 7.77. The number of carboxylic acid groups (broad SMARTS) is 1. The zero-order valence-electron chi connectivity index (χ0n) is 4.07. The van der Waals surface area contributed by atoms with Crippen LogP contribution in [0.5, 0.6) is 0 Å². The number of nitrogens with two attached hydrogens (primary N) is 1. The quantitative estimate of drug-likeness (QED) is 0.329. The van der Waals surface area contributed by atoms with E-state index in [1.165, 1.54) is 0 Å². The number of rotatable bonds is 2. The minimum absolute atomic E-state index is 0. The molecule has 0 radical (unpaired) electrons. The number of carbonyl (C=O) groups is 1. The van der Waals surface area contributed by atoms with Crippen molar-refractivity contribution < 1.29 is 14.6 Å². The van der Waals surface area contributed by atoms with Crippen LogP contribution in [-0.4, -0.2) is 31.3 Å². The predicted octanol–water partition coefficient (Wildman–Crippen LogP) is -1.70. The fraction of sp³-hybridized carbons (Fsp3) is 0.667. The number of hydrogen-bond donors (Lipinski definition) is 3. The van der Waals surface area contributed by atoms with Gasteiger partial charge in [0.05, 0.1) is 8.41 Å². The Balaban J connectivity index is -0.000000180. The molecule has 3 N–H and O–H groups in total. The first-order valence-electron chi connectivity index (χ1n) is 1.77. The van der Waals surface area contributed by atoms with Gasteiger partial charge in [0.25, 0.3) is 0 Å². The number of aliphatic carboxylic acids is 1. The van der Waals surface area contributed by atoms with Gasteiger partial charge in [-0.25, -0.2) is 0 Å². The van der Waals surface area contributed by atoms with Crippen LogP contribution in [-0.2, 0) is 4.79 Å². The van der Waals surface area contributed by atoms with Crippen LogP contribution in [0.4, 0.5) is 4.70 Å². The van der Waals surface area contributed by atoms with Crippen LogP contribution in [0.25, 0.3) is 0 Å². The minimum Gasteiger partial charge on any atom is -0.480 e. The molecule has 0 aromatic carbocycles. The van der Waals surface area contributed by atoms with Crippen LogP contribution in [0.2, 0.25) is 0 Å². The average molecular weight is 155 g/mol. The molecule has 0 amide bonds. The molecule has 0 rings (SSSR count). The molecule has 0 heterocycles. The van der Waals surface area contributed by atoms with E-state index in [0.29, 0.717) is 0 Å². The van der Waals surface area contributed by atoms with E-state index in [4.69, 9.17) is 10.8 Å². The van der Waals surface area contributed by atoms with Crippen molar-refractivity contribution in [3.8, 4) is 0 Å². The molecule has 0 aliphatic rings. The normalized spacial score (nSPS) is 10.4. The van der Waals surface area contributed by atoms with Crippen molar-refractivity contribution in [3.63, 3.8) is 0 Å². The van der Waals surface area contributed by atoms with Crippen molar-refractivity contribution in [3.05, 3.63) is 0 Å². The van der Waals surface area contributed by atoms with Gasteiger partial charge in [0.15, 0.2) is 0 Å². The van der Waals surface area contributed by atoms with Gasteiger partial charge in [-0.3, -0.25) is 9.50 Å². The van der Waals surface area contributed by atoms with E-state index in [-0.39, 0.29) is 18.9 Å². The van der Waals surface area contributed by atoms with Gasteiger partial charge < -0.3 is 10.8 Å². The highest BCUT2D eigenvalue weighted by Crippen LogP contribution is 1.80. The number of hydrogen-bond acceptors (Lipinski definition) is 3. The van der Waals surface area contributed by atoms with Crippen LogP contribution < -0.4 is 5.73 Å². The van der Waals surface area contributed by atoms with Gasteiger partial charge in [-0.1, -0.05) is 0 Å². The lowest BCUT2D eigenvalue weighted by Gasteiger charge is -1.96. The summed E-state index contributed by atoms with van der Waals surface area (Å²) in [5, 5.41) is 8.01. The summed E-state index contributed by atoms with van der Waals surface area (Å²) in [4.78, 5) is 9.76. The second-order valence-electron chi connectivity index (χ2n) is 1.13. The molecule has 0 aliphatic carbocycles. The van der Waals surface area contributed by atoms with Gasteiger partial charge in [0.1, 0.15) is 6.04 Å². The summed E-state index contributed by atoms with van der Waals surface area (Å²) in [6.07, 6.45) is 0. The van der Waals surface area contributed by atoms with E-state index in [0.717, 1.165) is 0 Å². The van der Waals surface area contributed by atoms with Gasteiger partial charge in [-0.15, -0.1) is 0 Å². The van der Waals surface area contributed by atoms with Crippen LogP contribution in [0.15, 0.2) is 0 Å². The Kier molecular flexibility index (Phi) is 13.7. The van der Waals surface area contributed by atoms with E-state index in [1.807, 2.05) is 0 Å². The Bertz CT molecular complexity index is 84.2. The van der Waals surface area contributed by atoms with Crippen LogP contribution in [0.3, 0.4) is 0 Å². The van der Waals surface area contributed by atoms with Gasteiger partial charge in [-0.2, -0.15) is 12.6 Å². The summed E-state index contributed by atoms with van der Waals surface area (Å²) in [6, 6.07) is -0.816. The molecule has 0 saturated carbocycles. The SMILES string of the molecule is B.F.NC(CS)C(=O)O. The summed E-state index contributed by atoms with van der Waals surface area (Å²) >= 11 is 3.65. The zero-order chi connectivity index (χ0) is 5.86. The fourth-order valence-electron chi connectivity index (χ4n) is 0.0781. The van der Waals surface area contributed by atoms with Gasteiger partial charge in [-0.05, 0) is 0 Å². The summed E-state index contributed by atoms with van der Waals surface area (Å²) in [5.41, 5.74) is 4.94. The minimum atomic E-state index is -1.00. The largest absolute Gasteiger partial charge is 0.480 e. The topological polar surface area (TPSA) is 63.3 Å². The molecule has 0 fully saturated rings. The van der Waals surface area contributed by atoms with E-state index in [9.17, 15) is 4.79 Å². The molecule has 0 aliphatic heterocycles. The Morgan fingerprint density at radius 3 is 2.11 bits per heavy atom. The average Bonchev–Trinajstić information content (AvgIpc) is 1.65. The van der Waals surface area contributed by atoms with Crippen LogP contribution in [0, 0.1) is 0 Å². The molecule has 1 atom stereocenters. The molecule has 1 unspecified atom stereocenters. The second kappa shape index (κ2) is 7.77. The van der Waals surface area contributed by atoms with Gasteiger partial charge in [0.2, 0.25) is 0 Å². The summed E-state index contributed by atoms with van der Waals surface area (Å²) in [6.45, 7) is 0. The molecule has 0 saturated heterocycles. The van der Waals surface area contributed by atoms with Crippen molar-refractivity contribution in [2.45, 2.75) is 6.04 Å². The van der Waals surface area contributed by atoms with Gasteiger partial charge >= 0.3 is 5.97 Å². The fourth-order valence-corrected chi connectivity index (χ4v) is 0.234. The van der Waals surface area contributed by atoms with Crippen LogP contribution >= 0.6 is 12.6 Å². The molecule has 56 valence electrons. The maximum Gasteiger partial charge on any atom is 0.321 e. The van der Waals surface area contributed by atoms with Crippen LogP contribution in [0.1, 0.15) is 0 Å². The third-order valence-electron chi connectivity index (χ3n) is 0.514. The first-order valence-corrected chi connectivity index (χ1v) is 2.41. The van der Waals surface area contributed by atoms with E-state index >= 15 is 0 Å². The first-order chi connectivity index (χ1) is 3.18.